The molecule has 0 saturated carbocycles. The van der Waals surface area contributed by atoms with E-state index in [1.54, 1.807) is 36.8 Å². The predicted molar refractivity (Wildman–Crippen MR) is 66.9 cm³/mol. The van der Waals surface area contributed by atoms with E-state index < -0.39 is 0 Å². The van der Waals surface area contributed by atoms with Crippen molar-refractivity contribution in [1.29, 1.82) is 0 Å². The second-order valence-electron chi connectivity index (χ2n) is 3.67. The fourth-order valence-electron chi connectivity index (χ4n) is 1.51. The molecular formula is C12H8ClN3O2. The molecule has 0 atom stereocenters. The lowest BCUT2D eigenvalue weighted by molar-refractivity contribution is 0.432. The first-order valence-electron chi connectivity index (χ1n) is 5.16. The topological polar surface area (TPSA) is 78.1 Å². The number of nitrogens with two attached hydrogens (primary N) is 1. The Hall–Kier alpha value is -2.27. The van der Waals surface area contributed by atoms with Crippen molar-refractivity contribution in [1.82, 2.24) is 10.1 Å². The van der Waals surface area contributed by atoms with E-state index in [0.29, 0.717) is 22.4 Å². The molecule has 0 unspecified atom stereocenters. The summed E-state index contributed by atoms with van der Waals surface area (Å²) in [6, 6.07) is 6.90. The molecular weight excluding hydrogens is 254 g/mol. The fourth-order valence-corrected chi connectivity index (χ4v) is 1.69. The van der Waals surface area contributed by atoms with Crippen molar-refractivity contribution in [2.24, 2.45) is 0 Å². The smallest absolute Gasteiger partial charge is 0.258 e. The Labute approximate surface area is 107 Å². The normalized spacial score (nSPS) is 10.7. The minimum atomic E-state index is 0.383. The lowest BCUT2D eigenvalue weighted by atomic mass is 10.2. The number of furan rings is 1. The number of aromatic nitrogens is 2. The van der Waals surface area contributed by atoms with E-state index in [4.69, 9.17) is 26.3 Å². The van der Waals surface area contributed by atoms with Crippen molar-refractivity contribution < 1.29 is 8.94 Å². The Morgan fingerprint density at radius 2 is 2.06 bits per heavy atom. The number of halogens is 1. The highest BCUT2D eigenvalue weighted by atomic mass is 35.5. The van der Waals surface area contributed by atoms with Crippen LogP contribution in [0.15, 0.2) is 45.7 Å². The maximum Gasteiger partial charge on any atom is 0.258 e. The first kappa shape index (κ1) is 10.9. The van der Waals surface area contributed by atoms with E-state index >= 15 is 0 Å². The van der Waals surface area contributed by atoms with Crippen molar-refractivity contribution in [3.05, 3.63) is 41.8 Å². The number of nitrogens with zero attached hydrogens (tertiary/aromatic N) is 2. The SMILES string of the molecule is Nc1ccc(-c2nc(-c3ccoc3)no2)cc1Cl. The molecule has 0 radical (unpaired) electrons. The first-order valence-corrected chi connectivity index (χ1v) is 5.53. The molecule has 5 nitrogen and oxygen atoms in total. The summed E-state index contributed by atoms with van der Waals surface area (Å²) in [6.07, 6.45) is 3.09. The van der Waals surface area contributed by atoms with Gasteiger partial charge in [0.05, 0.1) is 22.5 Å². The van der Waals surface area contributed by atoms with E-state index in [2.05, 4.69) is 10.1 Å². The van der Waals surface area contributed by atoms with Crippen LogP contribution in [0.2, 0.25) is 5.02 Å². The minimum Gasteiger partial charge on any atom is -0.472 e. The molecule has 2 N–H and O–H groups in total. The van der Waals surface area contributed by atoms with Crippen molar-refractivity contribution >= 4 is 17.3 Å². The van der Waals surface area contributed by atoms with Gasteiger partial charge in [-0.05, 0) is 24.3 Å². The van der Waals surface area contributed by atoms with Crippen LogP contribution < -0.4 is 5.73 Å². The van der Waals surface area contributed by atoms with E-state index in [-0.39, 0.29) is 0 Å². The summed E-state index contributed by atoms with van der Waals surface area (Å²) < 4.78 is 10.1. The maximum absolute atomic E-state index is 5.94. The van der Waals surface area contributed by atoms with Crippen molar-refractivity contribution in [3.8, 4) is 22.8 Å². The molecule has 6 heteroatoms. The highest BCUT2D eigenvalue weighted by Gasteiger charge is 2.12. The molecule has 2 heterocycles. The molecule has 0 amide bonds. The number of nitrogen functional groups attached to an aromatic ring is 1. The minimum absolute atomic E-state index is 0.383. The molecule has 0 aliphatic carbocycles. The van der Waals surface area contributed by atoms with Gasteiger partial charge in [-0.25, -0.2) is 0 Å². The van der Waals surface area contributed by atoms with Gasteiger partial charge in [0.15, 0.2) is 0 Å². The molecule has 3 aromatic rings. The van der Waals surface area contributed by atoms with E-state index in [1.807, 2.05) is 0 Å². The van der Waals surface area contributed by atoms with E-state index in [9.17, 15) is 0 Å². The highest BCUT2D eigenvalue weighted by molar-refractivity contribution is 6.33. The predicted octanol–water partition coefficient (Wildman–Crippen LogP) is 3.23. The summed E-state index contributed by atoms with van der Waals surface area (Å²) in [5.74, 6) is 0.847. The Morgan fingerprint density at radius 3 is 2.78 bits per heavy atom. The Kier molecular flexibility index (Phi) is 2.53. The van der Waals surface area contributed by atoms with Gasteiger partial charge in [-0.3, -0.25) is 0 Å². The summed E-state index contributed by atoms with van der Waals surface area (Å²) in [5, 5.41) is 4.32. The molecule has 2 aromatic heterocycles. The molecule has 0 bridgehead atoms. The highest BCUT2D eigenvalue weighted by Crippen LogP contribution is 2.27. The summed E-state index contributed by atoms with van der Waals surface area (Å²) >= 11 is 5.94. The molecule has 18 heavy (non-hydrogen) atoms. The molecule has 90 valence electrons. The van der Waals surface area contributed by atoms with Crippen LogP contribution in [0.1, 0.15) is 0 Å². The van der Waals surface area contributed by atoms with Crippen LogP contribution in [0.5, 0.6) is 0 Å². The molecule has 3 rings (SSSR count). The number of rotatable bonds is 2. The average molecular weight is 262 g/mol. The largest absolute Gasteiger partial charge is 0.472 e. The Balaban J connectivity index is 2.00. The summed E-state index contributed by atoms with van der Waals surface area (Å²) in [5.41, 5.74) is 7.62. The van der Waals surface area contributed by atoms with Gasteiger partial charge in [0.1, 0.15) is 6.26 Å². The molecule has 0 aliphatic heterocycles. The zero-order chi connectivity index (χ0) is 12.5. The van der Waals surface area contributed by atoms with Crippen molar-refractivity contribution in [3.63, 3.8) is 0 Å². The standard InChI is InChI=1S/C12H8ClN3O2/c13-9-5-7(1-2-10(9)14)12-15-11(16-18-12)8-3-4-17-6-8/h1-6H,14H2. The van der Waals surface area contributed by atoms with Gasteiger partial charge in [-0.1, -0.05) is 16.8 Å². The van der Waals surface area contributed by atoms with Crippen LogP contribution in [0.25, 0.3) is 22.8 Å². The summed E-state index contributed by atoms with van der Waals surface area (Å²) in [4.78, 5) is 4.26. The third kappa shape index (κ3) is 1.84. The third-order valence-corrected chi connectivity index (χ3v) is 2.78. The molecule has 0 saturated heterocycles. The monoisotopic (exact) mass is 261 g/mol. The van der Waals surface area contributed by atoms with Gasteiger partial charge in [0.2, 0.25) is 5.82 Å². The molecule has 1 aromatic carbocycles. The van der Waals surface area contributed by atoms with Gasteiger partial charge in [-0.2, -0.15) is 4.98 Å². The van der Waals surface area contributed by atoms with Crippen LogP contribution in [-0.4, -0.2) is 10.1 Å². The summed E-state index contributed by atoms with van der Waals surface area (Å²) in [7, 11) is 0. The van der Waals surface area contributed by atoms with Gasteiger partial charge < -0.3 is 14.7 Å². The van der Waals surface area contributed by atoms with E-state index in [0.717, 1.165) is 11.1 Å². The van der Waals surface area contributed by atoms with Crippen LogP contribution >= 0.6 is 11.6 Å². The van der Waals surface area contributed by atoms with E-state index in [1.165, 1.54) is 0 Å². The van der Waals surface area contributed by atoms with Crippen LogP contribution in [0, 0.1) is 0 Å². The van der Waals surface area contributed by atoms with Crippen LogP contribution in [0.4, 0.5) is 5.69 Å². The molecule has 0 fully saturated rings. The van der Waals surface area contributed by atoms with Gasteiger partial charge in [0, 0.05) is 5.56 Å². The van der Waals surface area contributed by atoms with Gasteiger partial charge >= 0.3 is 0 Å². The maximum atomic E-state index is 5.94. The second-order valence-corrected chi connectivity index (χ2v) is 4.08. The second kappa shape index (κ2) is 4.19. The zero-order valence-corrected chi connectivity index (χ0v) is 9.89. The first-order chi connectivity index (χ1) is 8.74. The van der Waals surface area contributed by atoms with Crippen molar-refractivity contribution in [2.75, 3.05) is 5.73 Å². The third-order valence-electron chi connectivity index (χ3n) is 2.45. The summed E-state index contributed by atoms with van der Waals surface area (Å²) in [6.45, 7) is 0. The lowest BCUT2D eigenvalue weighted by Gasteiger charge is -1.98. The number of anilines is 1. The fraction of sp³-hybridized carbons (Fsp3) is 0. The van der Waals surface area contributed by atoms with Crippen LogP contribution in [-0.2, 0) is 0 Å². The average Bonchev–Trinajstić information content (AvgIpc) is 3.01. The zero-order valence-electron chi connectivity index (χ0n) is 9.13. The molecule has 0 aliphatic rings. The number of hydrogen-bond donors (Lipinski definition) is 1. The lowest BCUT2D eigenvalue weighted by Crippen LogP contribution is -1.86. The number of hydrogen-bond acceptors (Lipinski definition) is 5. The van der Waals surface area contributed by atoms with Crippen molar-refractivity contribution in [2.45, 2.75) is 0 Å². The van der Waals surface area contributed by atoms with Gasteiger partial charge in [-0.15, -0.1) is 0 Å². The van der Waals surface area contributed by atoms with Crippen LogP contribution in [0.3, 0.4) is 0 Å². The molecule has 0 spiro atoms. The Morgan fingerprint density at radius 1 is 1.17 bits per heavy atom. The quantitative estimate of drug-likeness (QED) is 0.717. The Bertz CT molecular complexity index is 676. The van der Waals surface area contributed by atoms with Gasteiger partial charge in [0.25, 0.3) is 5.89 Å². The number of benzene rings is 1.